The van der Waals surface area contributed by atoms with Gasteiger partial charge in [-0.05, 0) is 18.1 Å². The third-order valence-corrected chi connectivity index (χ3v) is 7.00. The van der Waals surface area contributed by atoms with E-state index in [-0.39, 0.29) is 17.8 Å². The quantitative estimate of drug-likeness (QED) is 0.893. The second-order valence-corrected chi connectivity index (χ2v) is 9.93. The Labute approximate surface area is 149 Å². The Balaban J connectivity index is 1.56. The number of nitrogens with zero attached hydrogens (tertiary/aromatic N) is 3. The Kier molecular flexibility index (Phi) is 4.33. The Hall–Kier alpha value is -1.44. The van der Waals surface area contributed by atoms with E-state index in [0.717, 1.165) is 36.5 Å². The Morgan fingerprint density at radius 2 is 1.84 bits per heavy atom. The number of hydrogen-bond acceptors (Lipinski definition) is 5. The molecule has 7 heteroatoms. The standard InChI is InChI=1S/C18H26N4O2S/c1-13(2)9-21-7-8-22(17-12-25(23,24)11-16(17)21)10-18-19-14-5-3-4-6-15(14)20-18/h3-6,13,16-17H,7-12H2,1-2H3,(H,19,20)/t16-,17+/m0/s1. The van der Waals surface area contributed by atoms with Crippen molar-refractivity contribution in [3.8, 4) is 0 Å². The van der Waals surface area contributed by atoms with Gasteiger partial charge in [0.15, 0.2) is 9.84 Å². The maximum absolute atomic E-state index is 12.3. The predicted molar refractivity (Wildman–Crippen MR) is 99.1 cm³/mol. The molecule has 2 aliphatic heterocycles. The van der Waals surface area contributed by atoms with Crippen LogP contribution >= 0.6 is 0 Å². The lowest BCUT2D eigenvalue weighted by Crippen LogP contribution is -2.59. The van der Waals surface area contributed by atoms with E-state index in [1.807, 2.05) is 24.3 Å². The van der Waals surface area contributed by atoms with E-state index in [4.69, 9.17) is 0 Å². The number of aromatic nitrogens is 2. The molecular weight excluding hydrogens is 336 g/mol. The number of sulfone groups is 1. The number of hydrogen-bond donors (Lipinski definition) is 1. The van der Waals surface area contributed by atoms with Crippen LogP contribution in [0.25, 0.3) is 11.0 Å². The van der Waals surface area contributed by atoms with E-state index in [1.165, 1.54) is 0 Å². The van der Waals surface area contributed by atoms with Crippen molar-refractivity contribution in [3.63, 3.8) is 0 Å². The van der Waals surface area contributed by atoms with Crippen molar-refractivity contribution in [2.24, 2.45) is 5.92 Å². The molecule has 2 aliphatic rings. The van der Waals surface area contributed by atoms with E-state index in [0.29, 0.717) is 18.2 Å². The van der Waals surface area contributed by atoms with Gasteiger partial charge in [-0.25, -0.2) is 13.4 Å². The molecule has 1 N–H and O–H groups in total. The third kappa shape index (κ3) is 3.45. The lowest BCUT2D eigenvalue weighted by atomic mass is 10.0. The number of para-hydroxylation sites is 2. The highest BCUT2D eigenvalue weighted by Gasteiger charge is 2.46. The number of piperazine rings is 1. The highest BCUT2D eigenvalue weighted by molar-refractivity contribution is 7.91. The van der Waals surface area contributed by atoms with Gasteiger partial charge < -0.3 is 4.98 Å². The molecule has 6 nitrogen and oxygen atoms in total. The van der Waals surface area contributed by atoms with Gasteiger partial charge in [0.2, 0.25) is 0 Å². The lowest BCUT2D eigenvalue weighted by molar-refractivity contribution is 0.0325. The summed E-state index contributed by atoms with van der Waals surface area (Å²) in [5, 5.41) is 0. The van der Waals surface area contributed by atoms with Crippen LogP contribution in [0.15, 0.2) is 24.3 Å². The molecule has 2 fully saturated rings. The van der Waals surface area contributed by atoms with Gasteiger partial charge in [0, 0.05) is 31.7 Å². The van der Waals surface area contributed by atoms with Gasteiger partial charge in [-0.1, -0.05) is 26.0 Å². The topological polar surface area (TPSA) is 69.3 Å². The average Bonchev–Trinajstić information content (AvgIpc) is 3.08. The summed E-state index contributed by atoms with van der Waals surface area (Å²) >= 11 is 0. The number of aromatic amines is 1. The summed E-state index contributed by atoms with van der Waals surface area (Å²) in [6, 6.07) is 8.19. The van der Waals surface area contributed by atoms with Crippen molar-refractivity contribution in [3.05, 3.63) is 30.1 Å². The van der Waals surface area contributed by atoms with E-state index in [1.54, 1.807) is 0 Å². The molecule has 1 aromatic carbocycles. The van der Waals surface area contributed by atoms with E-state index in [9.17, 15) is 8.42 Å². The van der Waals surface area contributed by atoms with Crippen molar-refractivity contribution in [2.45, 2.75) is 32.5 Å². The molecule has 2 saturated heterocycles. The van der Waals surface area contributed by atoms with E-state index in [2.05, 4.69) is 33.6 Å². The average molecular weight is 362 g/mol. The van der Waals surface area contributed by atoms with Crippen molar-refractivity contribution >= 4 is 20.9 Å². The third-order valence-electron chi connectivity index (χ3n) is 5.30. The number of nitrogens with one attached hydrogen (secondary N) is 1. The van der Waals surface area contributed by atoms with Gasteiger partial charge >= 0.3 is 0 Å². The Bertz CT molecular complexity index is 828. The second kappa shape index (κ2) is 6.37. The lowest BCUT2D eigenvalue weighted by Gasteiger charge is -2.44. The molecule has 4 rings (SSSR count). The first-order valence-corrected chi connectivity index (χ1v) is 10.9. The SMILES string of the molecule is CC(C)CN1CCN(Cc2nc3ccccc3[nH]2)[C@@H]2CS(=O)(=O)C[C@@H]21. The monoisotopic (exact) mass is 362 g/mol. The molecule has 0 unspecified atom stereocenters. The normalized spacial score (nSPS) is 27.2. The molecule has 136 valence electrons. The van der Waals surface area contributed by atoms with E-state index >= 15 is 0 Å². The van der Waals surface area contributed by atoms with Crippen LogP contribution in [0.2, 0.25) is 0 Å². The summed E-state index contributed by atoms with van der Waals surface area (Å²) in [6.45, 7) is 7.85. The van der Waals surface area contributed by atoms with Gasteiger partial charge in [-0.3, -0.25) is 9.80 Å². The minimum Gasteiger partial charge on any atom is -0.341 e. The van der Waals surface area contributed by atoms with Crippen LogP contribution in [0.1, 0.15) is 19.7 Å². The first kappa shape index (κ1) is 17.0. The maximum Gasteiger partial charge on any atom is 0.153 e. The van der Waals surface area contributed by atoms with Gasteiger partial charge in [0.25, 0.3) is 0 Å². The summed E-state index contributed by atoms with van der Waals surface area (Å²) < 4.78 is 24.6. The van der Waals surface area contributed by atoms with Crippen LogP contribution in [0.3, 0.4) is 0 Å². The van der Waals surface area contributed by atoms with E-state index < -0.39 is 9.84 Å². The molecule has 0 aliphatic carbocycles. The second-order valence-electron chi connectivity index (χ2n) is 7.77. The van der Waals surface area contributed by atoms with Crippen LogP contribution in [0.4, 0.5) is 0 Å². The molecule has 3 heterocycles. The summed E-state index contributed by atoms with van der Waals surface area (Å²) in [5.74, 6) is 2.03. The van der Waals surface area contributed by atoms with Crippen LogP contribution in [0.5, 0.6) is 0 Å². The van der Waals surface area contributed by atoms with Crippen LogP contribution in [0, 0.1) is 5.92 Å². The number of H-pyrrole nitrogens is 1. The van der Waals surface area contributed by atoms with Gasteiger partial charge in [0.1, 0.15) is 5.82 Å². The first-order valence-electron chi connectivity index (χ1n) is 9.03. The number of rotatable bonds is 4. The smallest absolute Gasteiger partial charge is 0.153 e. The molecule has 0 radical (unpaired) electrons. The number of imidazole rings is 1. The fraction of sp³-hybridized carbons (Fsp3) is 0.611. The molecule has 0 saturated carbocycles. The van der Waals surface area contributed by atoms with Crippen LogP contribution < -0.4 is 0 Å². The molecule has 2 atom stereocenters. The Morgan fingerprint density at radius 3 is 2.56 bits per heavy atom. The summed E-state index contributed by atoms with van der Waals surface area (Å²) in [5.41, 5.74) is 2.00. The van der Waals surface area contributed by atoms with Gasteiger partial charge in [0.05, 0.1) is 29.1 Å². The van der Waals surface area contributed by atoms with Gasteiger partial charge in [-0.2, -0.15) is 0 Å². The molecule has 1 aromatic heterocycles. The van der Waals surface area contributed by atoms with Crippen molar-refractivity contribution in [1.82, 2.24) is 19.8 Å². The van der Waals surface area contributed by atoms with Gasteiger partial charge in [-0.15, -0.1) is 0 Å². The zero-order valence-electron chi connectivity index (χ0n) is 14.9. The minimum atomic E-state index is -2.96. The molecule has 0 spiro atoms. The van der Waals surface area contributed by atoms with Crippen LogP contribution in [-0.4, -0.2) is 71.4 Å². The predicted octanol–water partition coefficient (Wildman–Crippen LogP) is 1.50. The van der Waals surface area contributed by atoms with Crippen molar-refractivity contribution < 1.29 is 8.42 Å². The number of fused-ring (bicyclic) bond motifs is 2. The van der Waals surface area contributed by atoms with Crippen molar-refractivity contribution in [2.75, 3.05) is 31.1 Å². The Morgan fingerprint density at radius 1 is 1.16 bits per heavy atom. The fourth-order valence-corrected chi connectivity index (χ4v) is 6.30. The molecule has 25 heavy (non-hydrogen) atoms. The largest absolute Gasteiger partial charge is 0.341 e. The van der Waals surface area contributed by atoms with Crippen LogP contribution in [-0.2, 0) is 16.4 Å². The fourth-order valence-electron chi connectivity index (χ4n) is 4.26. The first-order chi connectivity index (χ1) is 11.9. The highest BCUT2D eigenvalue weighted by atomic mass is 32.2. The van der Waals surface area contributed by atoms with Crippen molar-refractivity contribution in [1.29, 1.82) is 0 Å². The summed E-state index contributed by atoms with van der Waals surface area (Å²) in [7, 11) is -2.96. The summed E-state index contributed by atoms with van der Waals surface area (Å²) in [4.78, 5) is 12.7. The molecule has 0 bridgehead atoms. The molecule has 2 aromatic rings. The molecular formula is C18H26N4O2S. The maximum atomic E-state index is 12.3. The minimum absolute atomic E-state index is 0.0747. The summed E-state index contributed by atoms with van der Waals surface area (Å²) in [6.07, 6.45) is 0. The molecule has 0 amide bonds. The zero-order chi connectivity index (χ0) is 17.6. The highest BCUT2D eigenvalue weighted by Crippen LogP contribution is 2.28. The number of benzene rings is 1. The zero-order valence-corrected chi connectivity index (χ0v) is 15.7.